The lowest BCUT2D eigenvalue weighted by molar-refractivity contribution is -0.116. The number of rotatable bonds is 7. The summed E-state index contributed by atoms with van der Waals surface area (Å²) >= 11 is 6.14. The van der Waals surface area contributed by atoms with Crippen molar-refractivity contribution in [3.05, 3.63) is 64.2 Å². The Morgan fingerprint density at radius 3 is 2.37 bits per heavy atom. The number of amides is 1. The Kier molecular flexibility index (Phi) is 7.25. The van der Waals surface area contributed by atoms with Gasteiger partial charge in [-0.1, -0.05) is 23.7 Å². The average Bonchev–Trinajstić information content (AvgIpc) is 2.69. The zero-order chi connectivity index (χ0) is 19.8. The van der Waals surface area contributed by atoms with Gasteiger partial charge in [-0.2, -0.15) is 0 Å². The molecule has 2 aromatic carbocycles. The summed E-state index contributed by atoms with van der Waals surface area (Å²) in [5, 5.41) is 3.16. The fraction of sp³-hybridized carbons (Fsp3) is 0.200. The molecule has 0 fully saturated rings. The van der Waals surface area contributed by atoms with Crippen LogP contribution in [0.2, 0.25) is 5.02 Å². The van der Waals surface area contributed by atoms with E-state index in [1.54, 1.807) is 42.5 Å². The number of halogens is 1. The van der Waals surface area contributed by atoms with Crippen LogP contribution in [0, 0.1) is 0 Å². The highest BCUT2D eigenvalue weighted by Gasteiger charge is 2.10. The second-order valence-corrected chi connectivity index (χ2v) is 5.89. The Morgan fingerprint density at radius 1 is 1.07 bits per heavy atom. The van der Waals surface area contributed by atoms with Gasteiger partial charge in [0.15, 0.2) is 11.5 Å². The second-order valence-electron chi connectivity index (χ2n) is 5.48. The molecule has 142 valence electrons. The predicted octanol–water partition coefficient (Wildman–Crippen LogP) is 3.47. The molecule has 2 aromatic rings. The van der Waals surface area contributed by atoms with Crippen molar-refractivity contribution in [2.75, 3.05) is 21.3 Å². The minimum atomic E-state index is -0.401. The lowest BCUT2D eigenvalue weighted by atomic mass is 10.1. The highest BCUT2D eigenvalue weighted by Crippen LogP contribution is 2.36. The van der Waals surface area contributed by atoms with Gasteiger partial charge in [0.1, 0.15) is 0 Å². The van der Waals surface area contributed by atoms with Crippen molar-refractivity contribution in [2.24, 2.45) is 0 Å². The number of carbonyl (C=O) groups is 2. The van der Waals surface area contributed by atoms with E-state index in [2.05, 4.69) is 10.1 Å². The standard InChI is InChI=1S/C20H20ClNO5/c1-25-17-11-14(10-16(21)19(17)26-2)6-9-18(23)22-12-13-4-7-15(8-5-13)20(24)27-3/h4-11H,12H2,1-3H3,(H,22,23)/b9-6+. The van der Waals surface area contributed by atoms with Crippen molar-refractivity contribution in [2.45, 2.75) is 6.54 Å². The summed E-state index contributed by atoms with van der Waals surface area (Å²) in [7, 11) is 4.35. The van der Waals surface area contributed by atoms with E-state index in [9.17, 15) is 9.59 Å². The van der Waals surface area contributed by atoms with E-state index >= 15 is 0 Å². The number of hydrogen-bond donors (Lipinski definition) is 1. The SMILES string of the molecule is COC(=O)c1ccc(CNC(=O)/C=C/c2cc(Cl)c(OC)c(OC)c2)cc1. The zero-order valence-corrected chi connectivity index (χ0v) is 16.0. The van der Waals surface area contributed by atoms with Crippen molar-refractivity contribution < 1.29 is 23.8 Å². The first kappa shape index (κ1) is 20.3. The Bertz CT molecular complexity index is 846. The summed E-state index contributed by atoms with van der Waals surface area (Å²) in [5.41, 5.74) is 2.02. The van der Waals surface area contributed by atoms with E-state index in [0.29, 0.717) is 34.2 Å². The van der Waals surface area contributed by atoms with E-state index in [0.717, 1.165) is 5.56 Å². The number of esters is 1. The van der Waals surface area contributed by atoms with Crippen LogP contribution in [0.5, 0.6) is 11.5 Å². The fourth-order valence-corrected chi connectivity index (χ4v) is 2.63. The van der Waals surface area contributed by atoms with Gasteiger partial charge in [0.25, 0.3) is 0 Å². The van der Waals surface area contributed by atoms with Crippen molar-refractivity contribution in [3.8, 4) is 11.5 Å². The molecule has 0 aromatic heterocycles. The molecule has 0 aliphatic rings. The molecular formula is C20H20ClNO5. The summed E-state index contributed by atoms with van der Waals surface area (Å²) in [4.78, 5) is 23.4. The molecule has 0 aliphatic carbocycles. The highest BCUT2D eigenvalue weighted by molar-refractivity contribution is 6.32. The molecular weight excluding hydrogens is 370 g/mol. The molecule has 0 radical (unpaired) electrons. The summed E-state index contributed by atoms with van der Waals surface area (Å²) < 4.78 is 15.0. The normalized spacial score (nSPS) is 10.5. The number of carbonyl (C=O) groups excluding carboxylic acids is 2. The minimum absolute atomic E-state index is 0.266. The smallest absolute Gasteiger partial charge is 0.337 e. The van der Waals surface area contributed by atoms with Gasteiger partial charge in [-0.05, 0) is 41.5 Å². The monoisotopic (exact) mass is 389 g/mol. The van der Waals surface area contributed by atoms with E-state index in [-0.39, 0.29) is 5.91 Å². The van der Waals surface area contributed by atoms with E-state index in [4.69, 9.17) is 21.1 Å². The molecule has 0 bridgehead atoms. The predicted molar refractivity (Wildman–Crippen MR) is 103 cm³/mol. The van der Waals surface area contributed by atoms with Crippen LogP contribution in [-0.2, 0) is 16.1 Å². The van der Waals surface area contributed by atoms with Crippen LogP contribution in [0.25, 0.3) is 6.08 Å². The number of ether oxygens (including phenoxy) is 3. The Hall–Kier alpha value is -2.99. The molecule has 0 saturated carbocycles. The molecule has 0 heterocycles. The third-order valence-electron chi connectivity index (χ3n) is 3.72. The molecule has 0 unspecified atom stereocenters. The summed E-state index contributed by atoms with van der Waals surface area (Å²) in [5.74, 6) is 0.256. The van der Waals surface area contributed by atoms with Crippen LogP contribution < -0.4 is 14.8 Å². The first-order valence-electron chi connectivity index (χ1n) is 8.03. The molecule has 0 saturated heterocycles. The molecule has 2 rings (SSSR count). The van der Waals surface area contributed by atoms with Crippen molar-refractivity contribution in [3.63, 3.8) is 0 Å². The lowest BCUT2D eigenvalue weighted by Gasteiger charge is -2.10. The number of benzene rings is 2. The maximum Gasteiger partial charge on any atom is 0.337 e. The second kappa shape index (κ2) is 9.64. The van der Waals surface area contributed by atoms with Crippen LogP contribution in [0.3, 0.4) is 0 Å². The molecule has 0 spiro atoms. The van der Waals surface area contributed by atoms with E-state index < -0.39 is 5.97 Å². The van der Waals surface area contributed by atoms with Gasteiger partial charge in [-0.3, -0.25) is 4.79 Å². The Morgan fingerprint density at radius 2 is 1.78 bits per heavy atom. The summed E-state index contributed by atoms with van der Waals surface area (Å²) in [6, 6.07) is 10.2. The highest BCUT2D eigenvalue weighted by atomic mass is 35.5. The van der Waals surface area contributed by atoms with Gasteiger partial charge in [0.2, 0.25) is 5.91 Å². The molecule has 6 nitrogen and oxygen atoms in total. The first-order valence-corrected chi connectivity index (χ1v) is 8.41. The van der Waals surface area contributed by atoms with E-state index in [1.807, 2.05) is 0 Å². The molecule has 27 heavy (non-hydrogen) atoms. The van der Waals surface area contributed by atoms with Crippen LogP contribution in [-0.4, -0.2) is 33.2 Å². The summed E-state index contributed by atoms with van der Waals surface area (Å²) in [6.07, 6.45) is 3.03. The Labute approximate surface area is 162 Å². The van der Waals surface area contributed by atoms with Gasteiger partial charge < -0.3 is 19.5 Å². The van der Waals surface area contributed by atoms with Crippen LogP contribution in [0.15, 0.2) is 42.5 Å². The van der Waals surface area contributed by atoms with Gasteiger partial charge in [0.05, 0.1) is 31.9 Å². The van der Waals surface area contributed by atoms with Crippen LogP contribution >= 0.6 is 11.6 Å². The molecule has 0 atom stereocenters. The van der Waals surface area contributed by atoms with Gasteiger partial charge in [-0.15, -0.1) is 0 Å². The van der Waals surface area contributed by atoms with E-state index in [1.165, 1.54) is 27.4 Å². The zero-order valence-electron chi connectivity index (χ0n) is 15.2. The first-order chi connectivity index (χ1) is 13.0. The fourth-order valence-electron chi connectivity index (χ4n) is 2.33. The van der Waals surface area contributed by atoms with Crippen molar-refractivity contribution in [1.29, 1.82) is 0 Å². The molecule has 0 aliphatic heterocycles. The third-order valence-corrected chi connectivity index (χ3v) is 4.01. The maximum absolute atomic E-state index is 12.0. The largest absolute Gasteiger partial charge is 0.493 e. The maximum atomic E-state index is 12.0. The third kappa shape index (κ3) is 5.49. The quantitative estimate of drug-likeness (QED) is 0.579. The number of methoxy groups -OCH3 is 3. The summed E-state index contributed by atoms with van der Waals surface area (Å²) in [6.45, 7) is 0.331. The van der Waals surface area contributed by atoms with Crippen LogP contribution in [0.4, 0.5) is 0 Å². The minimum Gasteiger partial charge on any atom is -0.493 e. The van der Waals surface area contributed by atoms with Gasteiger partial charge in [-0.25, -0.2) is 4.79 Å². The topological polar surface area (TPSA) is 73.9 Å². The molecule has 1 amide bonds. The molecule has 7 heteroatoms. The van der Waals surface area contributed by atoms with Crippen molar-refractivity contribution in [1.82, 2.24) is 5.32 Å². The number of nitrogens with one attached hydrogen (secondary N) is 1. The average molecular weight is 390 g/mol. The van der Waals surface area contributed by atoms with Crippen LogP contribution in [0.1, 0.15) is 21.5 Å². The lowest BCUT2D eigenvalue weighted by Crippen LogP contribution is -2.20. The molecule has 1 N–H and O–H groups in total. The number of hydrogen-bond acceptors (Lipinski definition) is 5. The van der Waals surface area contributed by atoms with Gasteiger partial charge in [0, 0.05) is 12.6 Å². The Balaban J connectivity index is 1.97. The van der Waals surface area contributed by atoms with Crippen molar-refractivity contribution >= 4 is 29.6 Å². The van der Waals surface area contributed by atoms with Gasteiger partial charge >= 0.3 is 5.97 Å².